The molecule has 0 atom stereocenters. The zero-order valence-corrected chi connectivity index (χ0v) is 13.5. The zero-order chi connectivity index (χ0) is 15.3. The summed E-state index contributed by atoms with van der Waals surface area (Å²) in [6, 6.07) is 3.12. The number of allylic oxidation sites excluding steroid dienone is 1. The van der Waals surface area contributed by atoms with Crippen molar-refractivity contribution in [2.24, 2.45) is 0 Å². The SMILES string of the molecule is CCCC=Cc1cc(CC)c(C(=O)Cl)cc1S(C)(=O)=O. The van der Waals surface area contributed by atoms with Gasteiger partial charge in [0.15, 0.2) is 9.84 Å². The predicted molar refractivity (Wildman–Crippen MR) is 83.1 cm³/mol. The van der Waals surface area contributed by atoms with E-state index in [0.717, 1.165) is 24.7 Å². The van der Waals surface area contributed by atoms with E-state index in [2.05, 4.69) is 6.92 Å². The number of unbranched alkanes of at least 4 members (excludes halogenated alkanes) is 1. The summed E-state index contributed by atoms with van der Waals surface area (Å²) in [6.45, 7) is 3.95. The summed E-state index contributed by atoms with van der Waals surface area (Å²) in [5.74, 6) is 0. The number of carbonyl (C=O) groups excluding carboxylic acids is 1. The van der Waals surface area contributed by atoms with Crippen molar-refractivity contribution in [3.63, 3.8) is 0 Å². The Labute approximate surface area is 125 Å². The van der Waals surface area contributed by atoms with Crippen LogP contribution in [0.25, 0.3) is 6.08 Å². The topological polar surface area (TPSA) is 51.2 Å². The minimum absolute atomic E-state index is 0.144. The molecular formula is C15H19ClO3S. The van der Waals surface area contributed by atoms with Crippen molar-refractivity contribution in [2.45, 2.75) is 38.0 Å². The molecule has 0 aliphatic rings. The number of hydrogen-bond acceptors (Lipinski definition) is 3. The van der Waals surface area contributed by atoms with Gasteiger partial charge in [-0.05, 0) is 47.7 Å². The van der Waals surface area contributed by atoms with Crippen LogP contribution < -0.4 is 0 Å². The smallest absolute Gasteiger partial charge is 0.252 e. The second kappa shape index (κ2) is 7.04. The molecule has 1 aromatic rings. The lowest BCUT2D eigenvalue weighted by atomic mass is 10.0. The molecule has 5 heteroatoms. The zero-order valence-electron chi connectivity index (χ0n) is 11.9. The first-order valence-electron chi connectivity index (χ1n) is 6.54. The summed E-state index contributed by atoms with van der Waals surface area (Å²) in [5.41, 5.74) is 1.63. The predicted octanol–water partition coefficient (Wildman–Crippen LogP) is 3.84. The van der Waals surface area contributed by atoms with Crippen LogP contribution in [0, 0.1) is 0 Å². The first-order chi connectivity index (χ1) is 9.31. The van der Waals surface area contributed by atoms with E-state index in [-0.39, 0.29) is 10.5 Å². The van der Waals surface area contributed by atoms with Gasteiger partial charge in [-0.25, -0.2) is 8.42 Å². The van der Waals surface area contributed by atoms with Crippen molar-refractivity contribution >= 4 is 32.8 Å². The Morgan fingerprint density at radius 2 is 1.95 bits per heavy atom. The third-order valence-electron chi connectivity index (χ3n) is 2.98. The van der Waals surface area contributed by atoms with E-state index >= 15 is 0 Å². The van der Waals surface area contributed by atoms with Gasteiger partial charge in [-0.2, -0.15) is 0 Å². The minimum Gasteiger partial charge on any atom is -0.276 e. The molecule has 0 saturated heterocycles. The van der Waals surface area contributed by atoms with Crippen LogP contribution in [-0.4, -0.2) is 19.9 Å². The molecule has 0 fully saturated rings. The lowest BCUT2D eigenvalue weighted by molar-refractivity contribution is 0.108. The normalized spacial score (nSPS) is 12.0. The summed E-state index contributed by atoms with van der Waals surface area (Å²) in [6.07, 6.45) is 7.34. The van der Waals surface area contributed by atoms with Crippen molar-refractivity contribution in [3.8, 4) is 0 Å². The quantitative estimate of drug-likeness (QED) is 0.749. The van der Waals surface area contributed by atoms with Crippen LogP contribution in [0.2, 0.25) is 0 Å². The van der Waals surface area contributed by atoms with Crippen molar-refractivity contribution in [1.82, 2.24) is 0 Å². The first-order valence-corrected chi connectivity index (χ1v) is 8.81. The largest absolute Gasteiger partial charge is 0.276 e. The average molecular weight is 315 g/mol. The van der Waals surface area contributed by atoms with Crippen molar-refractivity contribution in [3.05, 3.63) is 34.9 Å². The first kappa shape index (κ1) is 16.9. The molecule has 0 amide bonds. The number of sulfone groups is 1. The number of hydrogen-bond donors (Lipinski definition) is 0. The van der Waals surface area contributed by atoms with Gasteiger partial charge in [0.1, 0.15) is 0 Å². The Morgan fingerprint density at radius 1 is 1.30 bits per heavy atom. The lowest BCUT2D eigenvalue weighted by Crippen LogP contribution is -2.06. The fourth-order valence-electron chi connectivity index (χ4n) is 1.95. The molecule has 0 aromatic heterocycles. The number of aryl methyl sites for hydroxylation is 1. The number of carbonyl (C=O) groups is 1. The summed E-state index contributed by atoms with van der Waals surface area (Å²) >= 11 is 5.54. The van der Waals surface area contributed by atoms with Crippen LogP contribution in [0.3, 0.4) is 0 Å². The van der Waals surface area contributed by atoms with Gasteiger partial charge < -0.3 is 0 Å². The molecule has 0 aliphatic carbocycles. The maximum atomic E-state index is 11.9. The van der Waals surface area contributed by atoms with E-state index in [1.54, 1.807) is 12.1 Å². The van der Waals surface area contributed by atoms with Gasteiger partial charge in [0.2, 0.25) is 0 Å². The second-order valence-electron chi connectivity index (χ2n) is 4.64. The molecule has 1 rings (SSSR count). The summed E-state index contributed by atoms with van der Waals surface area (Å²) in [5, 5.41) is -0.629. The Kier molecular flexibility index (Phi) is 5.96. The van der Waals surface area contributed by atoms with Gasteiger partial charge in [-0.3, -0.25) is 4.79 Å². The summed E-state index contributed by atoms with van der Waals surface area (Å²) in [4.78, 5) is 11.6. The highest BCUT2D eigenvalue weighted by Gasteiger charge is 2.18. The van der Waals surface area contributed by atoms with Gasteiger partial charge in [-0.15, -0.1) is 0 Å². The van der Waals surface area contributed by atoms with Crippen molar-refractivity contribution in [1.29, 1.82) is 0 Å². The van der Waals surface area contributed by atoms with E-state index in [0.29, 0.717) is 12.0 Å². The Hall–Kier alpha value is -1.13. The molecule has 0 unspecified atom stereocenters. The van der Waals surface area contributed by atoms with Crippen LogP contribution in [0.5, 0.6) is 0 Å². The third kappa shape index (κ3) is 4.18. The monoisotopic (exact) mass is 314 g/mol. The fourth-order valence-corrected chi connectivity index (χ4v) is 3.01. The van der Waals surface area contributed by atoms with Crippen LogP contribution in [-0.2, 0) is 16.3 Å². The van der Waals surface area contributed by atoms with E-state index in [9.17, 15) is 13.2 Å². The lowest BCUT2D eigenvalue weighted by Gasteiger charge is -2.10. The summed E-state index contributed by atoms with van der Waals surface area (Å²) < 4.78 is 23.7. The molecule has 0 spiro atoms. The molecule has 0 heterocycles. The molecule has 20 heavy (non-hydrogen) atoms. The molecule has 110 valence electrons. The van der Waals surface area contributed by atoms with Crippen molar-refractivity contribution in [2.75, 3.05) is 6.26 Å². The molecule has 0 aliphatic heterocycles. The molecule has 3 nitrogen and oxygen atoms in total. The van der Waals surface area contributed by atoms with Crippen LogP contribution in [0.15, 0.2) is 23.1 Å². The van der Waals surface area contributed by atoms with Gasteiger partial charge in [-0.1, -0.05) is 32.4 Å². The highest BCUT2D eigenvalue weighted by Crippen LogP contribution is 2.25. The molecule has 0 bridgehead atoms. The maximum Gasteiger partial charge on any atom is 0.252 e. The number of rotatable bonds is 6. The molecule has 1 aromatic carbocycles. The Morgan fingerprint density at radius 3 is 2.40 bits per heavy atom. The van der Waals surface area contributed by atoms with E-state index in [1.807, 2.05) is 13.0 Å². The van der Waals surface area contributed by atoms with Crippen LogP contribution >= 0.6 is 11.6 Å². The van der Waals surface area contributed by atoms with Gasteiger partial charge in [0, 0.05) is 11.8 Å². The highest BCUT2D eigenvalue weighted by molar-refractivity contribution is 7.90. The molecular weight excluding hydrogens is 296 g/mol. The Bertz CT molecular complexity index is 631. The molecule has 0 radical (unpaired) electrons. The Balaban J connectivity index is 3.52. The van der Waals surface area contributed by atoms with Gasteiger partial charge >= 0.3 is 0 Å². The van der Waals surface area contributed by atoms with Gasteiger partial charge in [0.25, 0.3) is 5.24 Å². The van der Waals surface area contributed by atoms with Crippen LogP contribution in [0.1, 0.15) is 48.2 Å². The average Bonchev–Trinajstić information content (AvgIpc) is 2.36. The molecule has 0 saturated carbocycles. The highest BCUT2D eigenvalue weighted by atomic mass is 35.5. The number of benzene rings is 1. The van der Waals surface area contributed by atoms with E-state index < -0.39 is 15.1 Å². The second-order valence-corrected chi connectivity index (χ2v) is 6.97. The standard InChI is InChI=1S/C15H19ClO3S/c1-4-6-7-8-12-9-11(5-2)13(15(16)17)10-14(12)20(3,18)19/h7-10H,4-6H2,1-3H3. The van der Waals surface area contributed by atoms with Crippen molar-refractivity contribution < 1.29 is 13.2 Å². The number of halogens is 1. The van der Waals surface area contributed by atoms with Gasteiger partial charge in [0.05, 0.1) is 4.90 Å². The molecule has 0 N–H and O–H groups in total. The fraction of sp³-hybridized carbons (Fsp3) is 0.400. The maximum absolute atomic E-state index is 11.9. The van der Waals surface area contributed by atoms with E-state index in [1.165, 1.54) is 6.07 Å². The third-order valence-corrected chi connectivity index (χ3v) is 4.34. The van der Waals surface area contributed by atoms with Crippen LogP contribution in [0.4, 0.5) is 0 Å². The summed E-state index contributed by atoms with van der Waals surface area (Å²) in [7, 11) is -3.41. The minimum atomic E-state index is -3.41. The van der Waals surface area contributed by atoms with E-state index in [4.69, 9.17) is 11.6 Å².